The number of anilines is 6. The molecule has 1 unspecified atom stereocenters. The van der Waals surface area contributed by atoms with Gasteiger partial charge in [-0.1, -0.05) is 198 Å². The number of hydrogen-bond acceptors (Lipinski definition) is 6. The summed E-state index contributed by atoms with van der Waals surface area (Å²) in [6, 6.07) is 88.3. The summed E-state index contributed by atoms with van der Waals surface area (Å²) in [4.78, 5) is 4.79. The second-order valence-electron chi connectivity index (χ2n) is 26.7. The first kappa shape index (κ1) is 52.9. The number of furan rings is 2. The van der Waals surface area contributed by atoms with Gasteiger partial charge in [-0.2, -0.15) is 0 Å². The number of ether oxygens (including phenoxy) is 2. The molecule has 6 nitrogen and oxygen atoms in total. The molecule has 2 aromatic heterocycles. The second-order valence-corrected chi connectivity index (χ2v) is 26.7. The third-order valence-corrected chi connectivity index (χ3v) is 20.8. The van der Waals surface area contributed by atoms with Gasteiger partial charge in [0.15, 0.2) is 11.2 Å². The second kappa shape index (κ2) is 19.5. The Balaban J connectivity index is 0.725. The van der Waals surface area contributed by atoms with Crippen molar-refractivity contribution in [2.75, 3.05) is 9.80 Å². The van der Waals surface area contributed by atoms with Crippen LogP contribution in [-0.4, -0.2) is 6.71 Å². The predicted octanol–water partition coefficient (Wildman–Crippen LogP) is 21.4. The van der Waals surface area contributed by atoms with E-state index in [4.69, 9.17) is 18.3 Å². The van der Waals surface area contributed by atoms with Crippen LogP contribution in [-0.2, 0) is 10.8 Å². The number of benzene rings is 12. The van der Waals surface area contributed by atoms with E-state index in [2.05, 4.69) is 299 Å². The van der Waals surface area contributed by atoms with E-state index in [1.54, 1.807) is 0 Å². The van der Waals surface area contributed by atoms with E-state index in [9.17, 15) is 0 Å². The van der Waals surface area contributed by atoms with E-state index >= 15 is 0 Å². The molecule has 19 rings (SSSR count). The van der Waals surface area contributed by atoms with Crippen molar-refractivity contribution in [2.45, 2.75) is 51.9 Å². The summed E-state index contributed by atoms with van der Waals surface area (Å²) in [6.45, 7) is 11.7. The van der Waals surface area contributed by atoms with Crippen LogP contribution in [0, 0.1) is 5.92 Å². The summed E-state index contributed by atoms with van der Waals surface area (Å²) in [6.07, 6.45) is 7.77. The van der Waals surface area contributed by atoms with Crippen LogP contribution in [0.25, 0.3) is 82.8 Å². The first-order valence-corrected chi connectivity index (χ1v) is 32.2. The minimum atomic E-state index is -0.389. The van der Waals surface area contributed by atoms with Gasteiger partial charge in [-0.3, -0.25) is 0 Å². The molecule has 12 aromatic carbocycles. The topological polar surface area (TPSA) is 51.2 Å². The van der Waals surface area contributed by atoms with Crippen molar-refractivity contribution < 1.29 is 18.3 Å². The Morgan fingerprint density at radius 2 is 0.848 bits per heavy atom. The third-order valence-electron chi connectivity index (χ3n) is 20.8. The molecule has 92 heavy (non-hydrogen) atoms. The lowest BCUT2D eigenvalue weighted by molar-refractivity contribution is 0.464. The monoisotopic (exact) mass is 1180 g/mol. The lowest BCUT2D eigenvalue weighted by Gasteiger charge is -2.35. The maximum Gasteiger partial charge on any atom is 0.260 e. The van der Waals surface area contributed by atoms with Crippen molar-refractivity contribution in [3.63, 3.8) is 0 Å². The summed E-state index contributed by atoms with van der Waals surface area (Å²) in [5.74, 6) is 3.81. The number of rotatable bonds is 8. The number of hydrogen-bond donors (Lipinski definition) is 0. The molecule has 0 bridgehead atoms. The van der Waals surface area contributed by atoms with Crippen LogP contribution in [0.1, 0.15) is 68.9 Å². The summed E-state index contributed by atoms with van der Waals surface area (Å²) in [5, 5.41) is 4.38. The number of fused-ring (bicyclic) bond motifs is 16. The van der Waals surface area contributed by atoms with Crippen LogP contribution in [0.5, 0.6) is 23.0 Å². The molecule has 0 fully saturated rings. The van der Waals surface area contributed by atoms with Crippen molar-refractivity contribution >= 4 is 107 Å². The fourth-order valence-electron chi connectivity index (χ4n) is 16.2. The lowest BCUT2D eigenvalue weighted by atomic mass is 9.34. The predicted molar refractivity (Wildman–Crippen MR) is 380 cm³/mol. The molecule has 0 N–H and O–H groups in total. The smallest absolute Gasteiger partial charge is 0.260 e. The van der Waals surface area contributed by atoms with E-state index in [0.29, 0.717) is 5.92 Å². The van der Waals surface area contributed by atoms with E-state index in [-0.39, 0.29) is 17.5 Å². The van der Waals surface area contributed by atoms with Crippen LogP contribution in [0.2, 0.25) is 0 Å². The van der Waals surface area contributed by atoms with Gasteiger partial charge in [-0.15, -0.1) is 0 Å². The van der Waals surface area contributed by atoms with E-state index < -0.39 is 0 Å². The third kappa shape index (κ3) is 7.69. The zero-order valence-corrected chi connectivity index (χ0v) is 51.7. The molecule has 0 saturated heterocycles. The Hall–Kier alpha value is -11.0. The maximum atomic E-state index is 7.11. The first-order chi connectivity index (χ1) is 45.0. The van der Waals surface area contributed by atoms with E-state index in [1.807, 2.05) is 6.07 Å². The largest absolute Gasteiger partial charge is 0.458 e. The number of para-hydroxylation sites is 4. The Labute approximate surface area is 534 Å². The number of allylic oxidation sites excluding steroid dienone is 4. The van der Waals surface area contributed by atoms with Gasteiger partial charge < -0.3 is 28.1 Å². The van der Waals surface area contributed by atoms with Crippen LogP contribution < -0.4 is 35.7 Å². The highest BCUT2D eigenvalue weighted by Crippen LogP contribution is 2.56. The lowest BCUT2D eigenvalue weighted by Crippen LogP contribution is -2.57. The molecule has 5 aliphatic rings. The van der Waals surface area contributed by atoms with Gasteiger partial charge in [-0.25, -0.2) is 0 Å². The molecule has 7 heteroatoms. The zero-order chi connectivity index (χ0) is 61.3. The molecule has 4 heterocycles. The summed E-state index contributed by atoms with van der Waals surface area (Å²) >= 11 is 0. The summed E-state index contributed by atoms with van der Waals surface area (Å²) in [7, 11) is 0. The molecular weight excluding hydrogens is 1120 g/mol. The fourth-order valence-corrected chi connectivity index (χ4v) is 16.2. The Morgan fingerprint density at radius 3 is 1.40 bits per heavy atom. The standard InChI is InChI=1S/C85H61BN2O4/c1-50-20-9-10-27-58(50)53-24-16-26-55(43-53)88(74-33-18-31-64-62-29-12-14-35-76(62)92-83(64)74)57-39-41-60-66-47-80-72(49-70(66)85(4,5)68(60)45-57)86-71-48-69-65(46-79(71)89-77-36-19-37-78(90-80)81(77)86)59-40-38-56(44-67(59)84(69,2)3)87(54-25-15-23-52(42-54)51-21-7-6-8-22-51)73-32-17-30-63-61-28-11-13-34-75(61)91-82(63)73/h6-19,21-50H,20H2,1-5H3. The van der Waals surface area contributed by atoms with Gasteiger partial charge >= 0.3 is 0 Å². The highest BCUT2D eigenvalue weighted by Gasteiger charge is 2.46. The molecule has 0 radical (unpaired) electrons. The van der Waals surface area contributed by atoms with Crippen molar-refractivity contribution in [1.29, 1.82) is 0 Å². The molecule has 0 saturated carbocycles. The highest BCUT2D eigenvalue weighted by molar-refractivity contribution is 6.98. The van der Waals surface area contributed by atoms with Gasteiger partial charge in [0, 0.05) is 60.6 Å². The van der Waals surface area contributed by atoms with Crippen LogP contribution in [0.15, 0.2) is 270 Å². The van der Waals surface area contributed by atoms with Crippen molar-refractivity contribution in [1.82, 2.24) is 0 Å². The van der Waals surface area contributed by atoms with Crippen LogP contribution >= 0.6 is 0 Å². The minimum absolute atomic E-state index is 0.143. The Kier molecular flexibility index (Phi) is 11.2. The highest BCUT2D eigenvalue weighted by atomic mass is 16.5. The van der Waals surface area contributed by atoms with Crippen LogP contribution in [0.4, 0.5) is 34.1 Å². The Morgan fingerprint density at radius 1 is 0.391 bits per heavy atom. The van der Waals surface area contributed by atoms with Gasteiger partial charge in [0.1, 0.15) is 34.2 Å². The molecule has 2 aliphatic heterocycles. The summed E-state index contributed by atoms with van der Waals surface area (Å²) < 4.78 is 27.9. The molecular formula is C85H61BN2O4. The molecule has 1 atom stereocenters. The average molecular weight is 1190 g/mol. The Bertz CT molecular complexity index is 5570. The molecule has 3 aliphatic carbocycles. The van der Waals surface area contributed by atoms with Gasteiger partial charge in [0.25, 0.3) is 6.71 Å². The molecule has 14 aromatic rings. The van der Waals surface area contributed by atoms with E-state index in [0.717, 1.165) is 135 Å². The van der Waals surface area contributed by atoms with Gasteiger partial charge in [0.2, 0.25) is 0 Å². The normalized spacial score (nSPS) is 15.6. The molecule has 0 spiro atoms. The van der Waals surface area contributed by atoms with E-state index in [1.165, 1.54) is 55.6 Å². The molecule has 0 amide bonds. The average Bonchev–Trinajstić information content (AvgIpc) is 1.50. The first-order valence-electron chi connectivity index (χ1n) is 32.2. The minimum Gasteiger partial charge on any atom is -0.458 e. The fraction of sp³-hybridized carbons (Fsp3) is 0.106. The summed E-state index contributed by atoms with van der Waals surface area (Å²) in [5.41, 5.74) is 27.0. The van der Waals surface area contributed by atoms with Crippen molar-refractivity contribution in [3.05, 3.63) is 289 Å². The molecule has 438 valence electrons. The SMILES string of the molecule is CC1CC=CC=C1c1cccc(N(c2ccc3c(c2)C(C)(C)c2cc4c(cc2-3)Oc2cccc3c2B4c2cc4c(cc2O3)-c2ccc(N(c3cccc(-c5ccccc5)c3)c3cccc5c3oc3ccccc35)cc2C4(C)C)c2cccc3c2oc2ccccc23)c1. The van der Waals surface area contributed by atoms with Gasteiger partial charge in [0.05, 0.1) is 11.4 Å². The maximum absolute atomic E-state index is 7.11. The zero-order valence-electron chi connectivity index (χ0n) is 51.7. The van der Waals surface area contributed by atoms with Gasteiger partial charge in [-0.05, 0) is 187 Å². The quantitative estimate of drug-likeness (QED) is 0.141. The van der Waals surface area contributed by atoms with Crippen LogP contribution in [0.3, 0.4) is 0 Å². The number of nitrogens with zero attached hydrogens (tertiary/aromatic N) is 2. The van der Waals surface area contributed by atoms with Crippen molar-refractivity contribution in [3.8, 4) is 56.4 Å². The van der Waals surface area contributed by atoms with Crippen molar-refractivity contribution in [2.24, 2.45) is 5.92 Å².